The average Bonchev–Trinajstić information content (AvgIpc) is 2.11. The van der Waals surface area contributed by atoms with E-state index >= 15 is 0 Å². The SMILES string of the molecule is CC(CC1CCC1)NCCCCC#N. The summed E-state index contributed by atoms with van der Waals surface area (Å²) in [5.74, 6) is 0.997. The first-order valence-corrected chi connectivity index (χ1v) is 5.93. The van der Waals surface area contributed by atoms with Gasteiger partial charge < -0.3 is 5.32 Å². The van der Waals surface area contributed by atoms with Crippen LogP contribution >= 0.6 is 0 Å². The maximum Gasteiger partial charge on any atom is 0.0621 e. The largest absolute Gasteiger partial charge is 0.314 e. The first-order valence-electron chi connectivity index (χ1n) is 5.93. The van der Waals surface area contributed by atoms with Crippen molar-refractivity contribution in [3.63, 3.8) is 0 Å². The van der Waals surface area contributed by atoms with Crippen LogP contribution in [0, 0.1) is 17.2 Å². The molecule has 1 aliphatic carbocycles. The lowest BCUT2D eigenvalue weighted by Gasteiger charge is -2.28. The van der Waals surface area contributed by atoms with Gasteiger partial charge in [0.15, 0.2) is 0 Å². The summed E-state index contributed by atoms with van der Waals surface area (Å²) in [6.07, 6.45) is 8.57. The number of rotatable bonds is 7. The molecule has 2 nitrogen and oxygen atoms in total. The molecule has 0 bridgehead atoms. The number of nitrogens with one attached hydrogen (secondary N) is 1. The molecule has 80 valence electrons. The second-order valence-corrected chi connectivity index (χ2v) is 4.50. The number of nitriles is 1. The van der Waals surface area contributed by atoms with E-state index in [1.54, 1.807) is 0 Å². The van der Waals surface area contributed by atoms with E-state index in [1.165, 1.54) is 25.7 Å². The van der Waals surface area contributed by atoms with Crippen LogP contribution in [-0.4, -0.2) is 12.6 Å². The lowest BCUT2D eigenvalue weighted by molar-refractivity contribution is 0.266. The molecule has 0 aromatic carbocycles. The summed E-state index contributed by atoms with van der Waals surface area (Å²) in [6, 6.07) is 2.85. The number of hydrogen-bond donors (Lipinski definition) is 1. The Morgan fingerprint density at radius 2 is 2.21 bits per heavy atom. The van der Waals surface area contributed by atoms with Crippen LogP contribution < -0.4 is 5.32 Å². The second-order valence-electron chi connectivity index (χ2n) is 4.50. The lowest BCUT2D eigenvalue weighted by Crippen LogP contribution is -2.30. The van der Waals surface area contributed by atoms with Crippen LogP contribution in [0.15, 0.2) is 0 Å². The molecular formula is C12H22N2. The van der Waals surface area contributed by atoms with Gasteiger partial charge in [-0.1, -0.05) is 19.3 Å². The minimum absolute atomic E-state index is 0.669. The van der Waals surface area contributed by atoms with Crippen LogP contribution in [0.5, 0.6) is 0 Å². The van der Waals surface area contributed by atoms with Gasteiger partial charge in [-0.25, -0.2) is 0 Å². The van der Waals surface area contributed by atoms with Gasteiger partial charge in [0.05, 0.1) is 6.07 Å². The van der Waals surface area contributed by atoms with Gasteiger partial charge in [0.25, 0.3) is 0 Å². The predicted octanol–water partition coefficient (Wildman–Crippen LogP) is 2.85. The molecule has 1 saturated carbocycles. The van der Waals surface area contributed by atoms with E-state index < -0.39 is 0 Å². The number of hydrogen-bond acceptors (Lipinski definition) is 2. The Morgan fingerprint density at radius 1 is 1.43 bits per heavy atom. The van der Waals surface area contributed by atoms with Gasteiger partial charge in [-0.05, 0) is 38.6 Å². The zero-order valence-electron chi connectivity index (χ0n) is 9.26. The quantitative estimate of drug-likeness (QED) is 0.633. The normalized spacial score (nSPS) is 18.6. The average molecular weight is 194 g/mol. The Kier molecular flexibility index (Phi) is 5.63. The maximum absolute atomic E-state index is 8.36. The van der Waals surface area contributed by atoms with E-state index in [2.05, 4.69) is 18.3 Å². The zero-order valence-corrected chi connectivity index (χ0v) is 9.26. The molecule has 1 N–H and O–H groups in total. The molecule has 1 rings (SSSR count). The molecule has 0 aliphatic heterocycles. The van der Waals surface area contributed by atoms with Crippen LogP contribution in [-0.2, 0) is 0 Å². The van der Waals surface area contributed by atoms with E-state index in [-0.39, 0.29) is 0 Å². The summed E-state index contributed by atoms with van der Waals surface area (Å²) >= 11 is 0. The highest BCUT2D eigenvalue weighted by molar-refractivity contribution is 4.75. The van der Waals surface area contributed by atoms with Crippen molar-refractivity contribution in [3.8, 4) is 6.07 Å². The minimum atomic E-state index is 0.669. The standard InChI is InChI=1S/C12H22N2/c1-11(10-12-6-5-7-12)14-9-4-2-3-8-13/h11-12,14H,2-7,9-10H2,1H3. The first kappa shape index (κ1) is 11.5. The monoisotopic (exact) mass is 194 g/mol. The highest BCUT2D eigenvalue weighted by Gasteiger charge is 2.19. The molecule has 0 aromatic heterocycles. The molecule has 0 radical (unpaired) electrons. The van der Waals surface area contributed by atoms with Gasteiger partial charge in [0, 0.05) is 12.5 Å². The summed E-state index contributed by atoms with van der Waals surface area (Å²) in [5, 5.41) is 11.9. The van der Waals surface area contributed by atoms with Gasteiger partial charge in [0.1, 0.15) is 0 Å². The van der Waals surface area contributed by atoms with Gasteiger partial charge in [0.2, 0.25) is 0 Å². The smallest absolute Gasteiger partial charge is 0.0621 e. The molecule has 1 fully saturated rings. The second kappa shape index (κ2) is 6.84. The summed E-state index contributed by atoms with van der Waals surface area (Å²) in [4.78, 5) is 0. The van der Waals surface area contributed by atoms with Crippen molar-refractivity contribution in [2.45, 2.75) is 57.9 Å². The van der Waals surface area contributed by atoms with Crippen molar-refractivity contribution in [2.24, 2.45) is 5.92 Å². The Morgan fingerprint density at radius 3 is 2.79 bits per heavy atom. The van der Waals surface area contributed by atoms with E-state index in [1.807, 2.05) is 0 Å². The molecule has 1 aliphatic rings. The molecular weight excluding hydrogens is 172 g/mol. The van der Waals surface area contributed by atoms with Crippen molar-refractivity contribution in [1.82, 2.24) is 5.32 Å². The van der Waals surface area contributed by atoms with Crippen LogP contribution in [0.2, 0.25) is 0 Å². The molecule has 0 amide bonds. The summed E-state index contributed by atoms with van der Waals surface area (Å²) in [7, 11) is 0. The molecule has 1 atom stereocenters. The van der Waals surface area contributed by atoms with Gasteiger partial charge in [-0.2, -0.15) is 5.26 Å². The Labute approximate surface area is 87.7 Å². The van der Waals surface area contributed by atoms with Crippen LogP contribution in [0.4, 0.5) is 0 Å². The molecule has 0 saturated heterocycles. The fourth-order valence-electron chi connectivity index (χ4n) is 1.99. The minimum Gasteiger partial charge on any atom is -0.314 e. The predicted molar refractivity (Wildman–Crippen MR) is 58.9 cm³/mol. The summed E-state index contributed by atoms with van der Waals surface area (Å²) < 4.78 is 0. The van der Waals surface area contributed by atoms with Crippen molar-refractivity contribution >= 4 is 0 Å². The fourth-order valence-corrected chi connectivity index (χ4v) is 1.99. The Bertz CT molecular complexity index is 179. The van der Waals surface area contributed by atoms with Crippen molar-refractivity contribution in [1.29, 1.82) is 5.26 Å². The van der Waals surface area contributed by atoms with Crippen molar-refractivity contribution in [2.75, 3.05) is 6.54 Å². The van der Waals surface area contributed by atoms with E-state index in [0.717, 1.165) is 25.3 Å². The Balaban J connectivity index is 1.87. The van der Waals surface area contributed by atoms with Crippen molar-refractivity contribution in [3.05, 3.63) is 0 Å². The maximum atomic E-state index is 8.36. The molecule has 0 spiro atoms. The van der Waals surface area contributed by atoms with Crippen LogP contribution in [0.3, 0.4) is 0 Å². The molecule has 2 heteroatoms. The fraction of sp³-hybridized carbons (Fsp3) is 0.917. The molecule has 1 unspecified atom stereocenters. The zero-order chi connectivity index (χ0) is 10.2. The third-order valence-corrected chi connectivity index (χ3v) is 3.12. The van der Waals surface area contributed by atoms with E-state index in [4.69, 9.17) is 5.26 Å². The topological polar surface area (TPSA) is 35.8 Å². The van der Waals surface area contributed by atoms with E-state index in [0.29, 0.717) is 12.5 Å². The highest BCUT2D eigenvalue weighted by Crippen LogP contribution is 2.30. The van der Waals surface area contributed by atoms with Gasteiger partial charge >= 0.3 is 0 Å². The number of unbranched alkanes of at least 4 members (excludes halogenated alkanes) is 2. The van der Waals surface area contributed by atoms with Crippen LogP contribution in [0.25, 0.3) is 0 Å². The molecule has 14 heavy (non-hydrogen) atoms. The summed E-state index contributed by atoms with van der Waals surface area (Å²) in [6.45, 7) is 3.36. The van der Waals surface area contributed by atoms with E-state index in [9.17, 15) is 0 Å². The number of nitrogens with zero attached hydrogens (tertiary/aromatic N) is 1. The van der Waals surface area contributed by atoms with Gasteiger partial charge in [-0.15, -0.1) is 0 Å². The molecule has 0 aromatic rings. The highest BCUT2D eigenvalue weighted by atomic mass is 14.9. The summed E-state index contributed by atoms with van der Waals surface area (Å²) in [5.41, 5.74) is 0. The van der Waals surface area contributed by atoms with Gasteiger partial charge in [-0.3, -0.25) is 0 Å². The molecule has 0 heterocycles. The van der Waals surface area contributed by atoms with Crippen LogP contribution in [0.1, 0.15) is 51.9 Å². The third-order valence-electron chi connectivity index (χ3n) is 3.12. The third kappa shape index (κ3) is 4.62. The Hall–Kier alpha value is -0.550. The first-order chi connectivity index (χ1) is 6.83. The van der Waals surface area contributed by atoms with Crippen molar-refractivity contribution < 1.29 is 0 Å². The lowest BCUT2D eigenvalue weighted by atomic mass is 9.81.